The maximum Gasteiger partial charge on any atom is 0.340 e. The molecule has 1 saturated heterocycles. The molecule has 0 radical (unpaired) electrons. The zero-order valence-electron chi connectivity index (χ0n) is 12.5. The number of nitrogen functional groups attached to an aromatic ring is 1. The number of para-hydroxylation sites is 1. The number of esters is 1. The highest BCUT2D eigenvalue weighted by molar-refractivity contribution is 5.99. The van der Waals surface area contributed by atoms with E-state index in [4.69, 9.17) is 10.5 Å². The minimum absolute atomic E-state index is 0.142. The largest absolute Gasteiger partial charge is 0.462 e. The van der Waals surface area contributed by atoms with Crippen LogP contribution in [0.2, 0.25) is 0 Å². The minimum atomic E-state index is -0.340. The molecular formula is C16H24N2O3. The van der Waals surface area contributed by atoms with E-state index in [9.17, 15) is 9.90 Å². The lowest BCUT2D eigenvalue weighted by Crippen LogP contribution is -2.41. The van der Waals surface area contributed by atoms with Gasteiger partial charge in [-0.05, 0) is 44.7 Å². The third kappa shape index (κ3) is 3.47. The quantitative estimate of drug-likeness (QED) is 0.642. The first-order valence-electron chi connectivity index (χ1n) is 7.62. The molecule has 0 aliphatic carbocycles. The average molecular weight is 292 g/mol. The van der Waals surface area contributed by atoms with Crippen molar-refractivity contribution in [1.29, 1.82) is 0 Å². The first-order chi connectivity index (χ1) is 10.2. The van der Waals surface area contributed by atoms with E-state index in [2.05, 4.69) is 4.90 Å². The Hall–Kier alpha value is -1.75. The van der Waals surface area contributed by atoms with Crippen molar-refractivity contribution < 1.29 is 14.6 Å². The number of aliphatic hydroxyl groups is 1. The molecule has 5 nitrogen and oxygen atoms in total. The van der Waals surface area contributed by atoms with E-state index < -0.39 is 0 Å². The second kappa shape index (κ2) is 7.31. The van der Waals surface area contributed by atoms with Crippen molar-refractivity contribution in [2.24, 2.45) is 0 Å². The van der Waals surface area contributed by atoms with Gasteiger partial charge in [-0.25, -0.2) is 4.79 Å². The van der Waals surface area contributed by atoms with Gasteiger partial charge < -0.3 is 20.5 Å². The van der Waals surface area contributed by atoms with E-state index in [-0.39, 0.29) is 18.6 Å². The number of benzene rings is 1. The van der Waals surface area contributed by atoms with Crippen molar-refractivity contribution >= 4 is 17.3 Å². The van der Waals surface area contributed by atoms with Crippen molar-refractivity contribution in [2.75, 3.05) is 30.4 Å². The van der Waals surface area contributed by atoms with Crippen molar-refractivity contribution in [3.8, 4) is 0 Å². The van der Waals surface area contributed by atoms with Gasteiger partial charge in [-0.3, -0.25) is 0 Å². The van der Waals surface area contributed by atoms with Gasteiger partial charge in [0.25, 0.3) is 0 Å². The van der Waals surface area contributed by atoms with E-state index in [0.29, 0.717) is 24.3 Å². The third-order valence-electron chi connectivity index (χ3n) is 3.94. The van der Waals surface area contributed by atoms with Crippen LogP contribution < -0.4 is 10.6 Å². The summed E-state index contributed by atoms with van der Waals surface area (Å²) in [6, 6.07) is 5.56. The first-order valence-corrected chi connectivity index (χ1v) is 7.62. The molecule has 0 spiro atoms. The number of piperidine rings is 1. The van der Waals surface area contributed by atoms with Crippen molar-refractivity contribution in [1.82, 2.24) is 0 Å². The molecule has 1 aromatic rings. The summed E-state index contributed by atoms with van der Waals surface area (Å²) in [5.41, 5.74) is 7.99. The molecule has 116 valence electrons. The summed E-state index contributed by atoms with van der Waals surface area (Å²) in [5.74, 6) is -0.340. The van der Waals surface area contributed by atoms with E-state index in [1.807, 2.05) is 6.07 Å². The number of hydrogen-bond donors (Lipinski definition) is 2. The molecule has 0 aromatic heterocycles. The van der Waals surface area contributed by atoms with Gasteiger partial charge >= 0.3 is 5.97 Å². The van der Waals surface area contributed by atoms with Crippen LogP contribution >= 0.6 is 0 Å². The minimum Gasteiger partial charge on any atom is -0.462 e. The zero-order valence-corrected chi connectivity index (χ0v) is 12.5. The lowest BCUT2D eigenvalue weighted by atomic mass is 9.97. The van der Waals surface area contributed by atoms with Gasteiger partial charge in [0, 0.05) is 19.2 Å². The smallest absolute Gasteiger partial charge is 0.340 e. The summed E-state index contributed by atoms with van der Waals surface area (Å²) in [6.45, 7) is 3.13. The molecule has 1 atom stereocenters. The van der Waals surface area contributed by atoms with E-state index in [1.165, 1.54) is 0 Å². The van der Waals surface area contributed by atoms with Crippen LogP contribution in [0.3, 0.4) is 0 Å². The van der Waals surface area contributed by atoms with E-state index in [0.717, 1.165) is 31.5 Å². The van der Waals surface area contributed by atoms with Crippen molar-refractivity contribution in [3.05, 3.63) is 23.8 Å². The standard InChI is InChI=1S/C16H24N2O3/c1-2-21-16(20)13-7-5-8-14(17)15(13)18-10-4-3-6-12(18)9-11-19/h5,7-8,12,19H,2-4,6,9-11,17H2,1H3. The van der Waals surface area contributed by atoms with Crippen molar-refractivity contribution in [2.45, 2.75) is 38.6 Å². The zero-order chi connectivity index (χ0) is 15.2. The van der Waals surface area contributed by atoms with Crippen LogP contribution in [-0.4, -0.2) is 36.9 Å². The number of carbonyl (C=O) groups excluding carboxylic acids is 1. The van der Waals surface area contributed by atoms with Gasteiger partial charge in [0.2, 0.25) is 0 Å². The topological polar surface area (TPSA) is 75.8 Å². The number of aliphatic hydroxyl groups excluding tert-OH is 1. The Morgan fingerprint density at radius 3 is 3.00 bits per heavy atom. The fourth-order valence-electron chi connectivity index (χ4n) is 3.00. The van der Waals surface area contributed by atoms with Crippen LogP contribution in [-0.2, 0) is 4.74 Å². The molecule has 2 rings (SSSR count). The van der Waals surface area contributed by atoms with Gasteiger partial charge in [0.1, 0.15) is 0 Å². The van der Waals surface area contributed by atoms with Crippen LogP contribution in [0.25, 0.3) is 0 Å². The molecule has 1 aliphatic rings. The van der Waals surface area contributed by atoms with Gasteiger partial charge in [-0.1, -0.05) is 6.07 Å². The van der Waals surface area contributed by atoms with Gasteiger partial charge in [0.15, 0.2) is 0 Å². The molecule has 1 heterocycles. The predicted octanol–water partition coefficient (Wildman–Crippen LogP) is 2.19. The lowest BCUT2D eigenvalue weighted by Gasteiger charge is -2.38. The van der Waals surface area contributed by atoms with Gasteiger partial charge in [0.05, 0.1) is 23.5 Å². The third-order valence-corrected chi connectivity index (χ3v) is 3.94. The summed E-state index contributed by atoms with van der Waals surface area (Å²) in [5, 5.41) is 9.27. The highest BCUT2D eigenvalue weighted by Gasteiger charge is 2.27. The maximum absolute atomic E-state index is 12.2. The van der Waals surface area contributed by atoms with Crippen LogP contribution in [0.4, 0.5) is 11.4 Å². The highest BCUT2D eigenvalue weighted by Crippen LogP contribution is 2.34. The van der Waals surface area contributed by atoms with Crippen LogP contribution in [0, 0.1) is 0 Å². The Balaban J connectivity index is 2.38. The number of ether oxygens (including phenoxy) is 1. The summed E-state index contributed by atoms with van der Waals surface area (Å²) in [4.78, 5) is 14.3. The Morgan fingerprint density at radius 2 is 2.29 bits per heavy atom. The number of hydrogen-bond acceptors (Lipinski definition) is 5. The summed E-state index contributed by atoms with van der Waals surface area (Å²) < 4.78 is 5.14. The number of rotatable bonds is 5. The first kappa shape index (κ1) is 15.6. The summed E-state index contributed by atoms with van der Waals surface area (Å²) >= 11 is 0. The monoisotopic (exact) mass is 292 g/mol. The highest BCUT2D eigenvalue weighted by atomic mass is 16.5. The summed E-state index contributed by atoms with van der Waals surface area (Å²) in [7, 11) is 0. The Kier molecular flexibility index (Phi) is 5.44. The molecule has 21 heavy (non-hydrogen) atoms. The Morgan fingerprint density at radius 1 is 1.48 bits per heavy atom. The van der Waals surface area contributed by atoms with E-state index in [1.54, 1.807) is 19.1 Å². The average Bonchev–Trinajstić information content (AvgIpc) is 2.48. The fraction of sp³-hybridized carbons (Fsp3) is 0.562. The molecule has 1 aromatic carbocycles. The molecular weight excluding hydrogens is 268 g/mol. The molecule has 1 unspecified atom stereocenters. The number of nitrogens with zero attached hydrogens (tertiary/aromatic N) is 1. The number of anilines is 2. The molecule has 3 N–H and O–H groups in total. The molecule has 0 amide bonds. The molecule has 5 heteroatoms. The Bertz CT molecular complexity index is 488. The van der Waals surface area contributed by atoms with E-state index >= 15 is 0 Å². The maximum atomic E-state index is 12.2. The van der Waals surface area contributed by atoms with Crippen LogP contribution in [0.1, 0.15) is 43.0 Å². The fourth-order valence-corrected chi connectivity index (χ4v) is 3.00. The normalized spacial score (nSPS) is 18.6. The Labute approximate surface area is 125 Å². The summed E-state index contributed by atoms with van der Waals surface area (Å²) in [6.07, 6.45) is 3.91. The lowest BCUT2D eigenvalue weighted by molar-refractivity contribution is 0.0527. The SMILES string of the molecule is CCOC(=O)c1cccc(N)c1N1CCCCC1CCO. The van der Waals surface area contributed by atoms with Gasteiger partial charge in [-0.2, -0.15) is 0 Å². The molecule has 0 saturated carbocycles. The van der Waals surface area contributed by atoms with Crippen LogP contribution in [0.15, 0.2) is 18.2 Å². The van der Waals surface area contributed by atoms with Crippen molar-refractivity contribution in [3.63, 3.8) is 0 Å². The van der Waals surface area contributed by atoms with Crippen LogP contribution in [0.5, 0.6) is 0 Å². The number of nitrogens with two attached hydrogens (primary N) is 1. The predicted molar refractivity (Wildman–Crippen MR) is 83.5 cm³/mol. The molecule has 1 fully saturated rings. The molecule has 1 aliphatic heterocycles. The van der Waals surface area contributed by atoms with Gasteiger partial charge in [-0.15, -0.1) is 0 Å². The second-order valence-electron chi connectivity index (χ2n) is 5.32. The molecule has 0 bridgehead atoms. The second-order valence-corrected chi connectivity index (χ2v) is 5.32. The number of carbonyl (C=O) groups is 1.